The molecule has 168 valence electrons. The van der Waals surface area contributed by atoms with Gasteiger partial charge in [0, 0.05) is 35.9 Å². The van der Waals surface area contributed by atoms with E-state index in [-0.39, 0.29) is 11.7 Å². The van der Waals surface area contributed by atoms with Crippen molar-refractivity contribution in [3.63, 3.8) is 0 Å². The number of likely N-dealkylation sites (N-methyl/N-ethyl adjacent to an activating group) is 1. The zero-order valence-corrected chi connectivity index (χ0v) is 19.0. The Morgan fingerprint density at radius 2 is 1.82 bits per heavy atom. The van der Waals surface area contributed by atoms with Crippen LogP contribution in [-0.4, -0.2) is 39.6 Å². The molecule has 4 aromatic rings. The second-order valence-corrected chi connectivity index (χ2v) is 8.09. The van der Waals surface area contributed by atoms with Crippen molar-refractivity contribution in [1.82, 2.24) is 20.0 Å². The molecule has 1 atom stereocenters. The van der Waals surface area contributed by atoms with Crippen molar-refractivity contribution in [3.8, 4) is 16.9 Å². The van der Waals surface area contributed by atoms with Crippen molar-refractivity contribution < 1.29 is 14.0 Å². The Balaban J connectivity index is 1.56. The van der Waals surface area contributed by atoms with Gasteiger partial charge in [0.25, 0.3) is 5.91 Å². The molecule has 0 aliphatic carbocycles. The number of hydrogen-bond donors (Lipinski definition) is 1. The van der Waals surface area contributed by atoms with Gasteiger partial charge in [-0.2, -0.15) is 5.10 Å². The lowest BCUT2D eigenvalue weighted by Crippen LogP contribution is -2.45. The summed E-state index contributed by atoms with van der Waals surface area (Å²) in [5.41, 5.74) is 3.42. The first-order valence-electron chi connectivity index (χ1n) is 10.4. The van der Waals surface area contributed by atoms with Crippen molar-refractivity contribution in [2.45, 2.75) is 19.5 Å². The first-order valence-corrected chi connectivity index (χ1v) is 10.8. The van der Waals surface area contributed by atoms with Gasteiger partial charge in [0.15, 0.2) is 5.76 Å². The first kappa shape index (κ1) is 22.4. The highest BCUT2D eigenvalue weighted by Crippen LogP contribution is 2.26. The molecule has 0 saturated heterocycles. The van der Waals surface area contributed by atoms with Gasteiger partial charge in [-0.3, -0.25) is 9.59 Å². The second kappa shape index (κ2) is 9.75. The second-order valence-electron chi connectivity index (χ2n) is 7.66. The van der Waals surface area contributed by atoms with Crippen molar-refractivity contribution in [1.29, 1.82) is 0 Å². The molecule has 2 aromatic carbocycles. The summed E-state index contributed by atoms with van der Waals surface area (Å²) in [6, 6.07) is 19.6. The van der Waals surface area contributed by atoms with Crippen LogP contribution in [0.25, 0.3) is 16.9 Å². The van der Waals surface area contributed by atoms with Gasteiger partial charge in [-0.15, -0.1) is 0 Å². The van der Waals surface area contributed by atoms with Gasteiger partial charge in [0.2, 0.25) is 5.91 Å². The maximum absolute atomic E-state index is 13.0. The van der Waals surface area contributed by atoms with E-state index in [1.165, 1.54) is 6.26 Å². The van der Waals surface area contributed by atoms with Crippen molar-refractivity contribution >= 4 is 23.4 Å². The van der Waals surface area contributed by atoms with Crippen LogP contribution in [0.4, 0.5) is 0 Å². The number of aromatic nitrogens is 2. The highest BCUT2D eigenvalue weighted by molar-refractivity contribution is 6.30. The van der Waals surface area contributed by atoms with Crippen LogP contribution in [0.1, 0.15) is 23.0 Å². The van der Waals surface area contributed by atoms with Gasteiger partial charge in [-0.05, 0) is 43.3 Å². The molecule has 0 fully saturated rings. The minimum atomic E-state index is -0.726. The lowest BCUT2D eigenvalue weighted by molar-refractivity contribution is -0.132. The SMILES string of the molecule is C[C@H](NC(=O)c1ccco1)C(=O)N(C)Cc1cn(-c2ccccc2)nc1-c1ccc(Cl)cc1. The molecule has 0 aliphatic heterocycles. The Kier molecular flexibility index (Phi) is 6.60. The van der Waals surface area contributed by atoms with Gasteiger partial charge >= 0.3 is 0 Å². The maximum atomic E-state index is 13.0. The van der Waals surface area contributed by atoms with Gasteiger partial charge < -0.3 is 14.6 Å². The summed E-state index contributed by atoms with van der Waals surface area (Å²) in [5, 5.41) is 8.08. The van der Waals surface area contributed by atoms with Crippen LogP contribution in [0, 0.1) is 0 Å². The molecule has 2 aromatic heterocycles. The Morgan fingerprint density at radius 3 is 2.48 bits per heavy atom. The maximum Gasteiger partial charge on any atom is 0.287 e. The number of halogens is 1. The van der Waals surface area contributed by atoms with E-state index in [1.54, 1.807) is 35.7 Å². The third-order valence-corrected chi connectivity index (χ3v) is 5.43. The average Bonchev–Trinajstić information content (AvgIpc) is 3.50. The fourth-order valence-corrected chi connectivity index (χ4v) is 3.62. The van der Waals surface area contributed by atoms with Gasteiger partial charge in [0.1, 0.15) is 6.04 Å². The van der Waals surface area contributed by atoms with E-state index in [9.17, 15) is 9.59 Å². The lowest BCUT2D eigenvalue weighted by atomic mass is 10.1. The lowest BCUT2D eigenvalue weighted by Gasteiger charge is -2.22. The zero-order valence-electron chi connectivity index (χ0n) is 18.2. The number of nitrogens with zero attached hydrogens (tertiary/aromatic N) is 3. The highest BCUT2D eigenvalue weighted by atomic mass is 35.5. The van der Waals surface area contributed by atoms with Gasteiger partial charge in [-0.25, -0.2) is 4.68 Å². The van der Waals surface area contributed by atoms with Crippen LogP contribution in [0.2, 0.25) is 5.02 Å². The van der Waals surface area contributed by atoms with Gasteiger partial charge in [0.05, 0.1) is 17.6 Å². The molecular formula is C25H23ClN4O3. The summed E-state index contributed by atoms with van der Waals surface area (Å²) >= 11 is 6.06. The zero-order chi connectivity index (χ0) is 23.4. The quantitative estimate of drug-likeness (QED) is 0.436. The standard InChI is InChI=1S/C25H23ClN4O3/c1-17(27-24(31)22-9-6-14-33-22)25(32)29(2)15-19-16-30(21-7-4-3-5-8-21)28-23(19)18-10-12-20(26)13-11-18/h3-14,16-17H,15H2,1-2H3,(H,27,31)/t17-/m0/s1. The number of rotatable bonds is 7. The summed E-state index contributed by atoms with van der Waals surface area (Å²) < 4.78 is 6.88. The van der Waals surface area contributed by atoms with Crippen LogP contribution in [0.15, 0.2) is 83.6 Å². The monoisotopic (exact) mass is 462 g/mol. The van der Waals surface area contributed by atoms with E-state index in [4.69, 9.17) is 21.1 Å². The van der Waals surface area contributed by atoms with E-state index in [0.717, 1.165) is 22.5 Å². The minimum absolute atomic E-state index is 0.159. The molecule has 0 radical (unpaired) electrons. The molecule has 0 saturated carbocycles. The molecule has 2 amide bonds. The van der Waals surface area contributed by atoms with E-state index < -0.39 is 11.9 Å². The third-order valence-electron chi connectivity index (χ3n) is 5.18. The molecule has 33 heavy (non-hydrogen) atoms. The topological polar surface area (TPSA) is 80.4 Å². The molecule has 0 aliphatic rings. The fraction of sp³-hybridized carbons (Fsp3) is 0.160. The molecule has 1 N–H and O–H groups in total. The summed E-state index contributed by atoms with van der Waals surface area (Å²) in [7, 11) is 1.70. The normalized spacial score (nSPS) is 11.7. The van der Waals surface area contributed by atoms with Crippen LogP contribution in [0.3, 0.4) is 0 Å². The summed E-state index contributed by atoms with van der Waals surface area (Å²) in [5.74, 6) is -0.510. The van der Waals surface area contributed by atoms with Crippen molar-refractivity contribution in [2.75, 3.05) is 7.05 Å². The summed E-state index contributed by atoms with van der Waals surface area (Å²) in [6.45, 7) is 1.96. The Morgan fingerprint density at radius 1 is 1.09 bits per heavy atom. The van der Waals surface area contributed by atoms with Crippen molar-refractivity contribution in [2.24, 2.45) is 0 Å². The smallest absolute Gasteiger partial charge is 0.287 e. The predicted octanol–water partition coefficient (Wildman–Crippen LogP) is 4.56. The van der Waals surface area contributed by atoms with Gasteiger partial charge in [-0.1, -0.05) is 41.9 Å². The Bertz CT molecular complexity index is 1230. The molecule has 2 heterocycles. The largest absolute Gasteiger partial charge is 0.459 e. The van der Waals surface area contributed by atoms with Crippen LogP contribution in [-0.2, 0) is 11.3 Å². The van der Waals surface area contributed by atoms with Crippen molar-refractivity contribution in [3.05, 3.63) is 95.5 Å². The van der Waals surface area contributed by atoms with E-state index in [0.29, 0.717) is 11.6 Å². The first-order chi connectivity index (χ1) is 15.9. The molecule has 8 heteroatoms. The number of para-hydroxylation sites is 1. The molecule has 7 nitrogen and oxygen atoms in total. The number of benzene rings is 2. The Hall–Kier alpha value is -3.84. The van der Waals surface area contributed by atoms with E-state index >= 15 is 0 Å². The number of furan rings is 1. The molecular weight excluding hydrogens is 440 g/mol. The third kappa shape index (κ3) is 5.15. The number of carbonyl (C=O) groups is 2. The molecule has 4 rings (SSSR count). The summed E-state index contributed by atoms with van der Waals surface area (Å²) in [6.07, 6.45) is 3.32. The van der Waals surface area contributed by atoms with Crippen LogP contribution in [0.5, 0.6) is 0 Å². The van der Waals surface area contributed by atoms with E-state index in [2.05, 4.69) is 5.32 Å². The number of nitrogens with one attached hydrogen (secondary N) is 1. The fourth-order valence-electron chi connectivity index (χ4n) is 3.49. The summed E-state index contributed by atoms with van der Waals surface area (Å²) in [4.78, 5) is 26.8. The molecule has 0 unspecified atom stereocenters. The average molecular weight is 463 g/mol. The van der Waals surface area contributed by atoms with Crippen LogP contribution >= 0.6 is 11.6 Å². The minimum Gasteiger partial charge on any atom is -0.459 e. The molecule has 0 spiro atoms. The van der Waals surface area contributed by atoms with Crippen LogP contribution < -0.4 is 5.32 Å². The highest BCUT2D eigenvalue weighted by Gasteiger charge is 2.23. The molecule has 0 bridgehead atoms. The number of carbonyl (C=O) groups excluding carboxylic acids is 2. The number of hydrogen-bond acceptors (Lipinski definition) is 4. The van der Waals surface area contributed by atoms with E-state index in [1.807, 2.05) is 60.8 Å². The number of amides is 2. The predicted molar refractivity (Wildman–Crippen MR) is 126 cm³/mol. The Labute approximate surface area is 196 Å².